The molecule has 0 spiro atoms. The Morgan fingerprint density at radius 1 is 1.60 bits per heavy atom. The van der Waals surface area contributed by atoms with E-state index < -0.39 is 0 Å². The van der Waals surface area contributed by atoms with Crippen molar-refractivity contribution in [3.8, 4) is 0 Å². The summed E-state index contributed by atoms with van der Waals surface area (Å²) in [5, 5.41) is 9.01. The van der Waals surface area contributed by atoms with Crippen molar-refractivity contribution in [3.63, 3.8) is 0 Å². The molecule has 15 heavy (non-hydrogen) atoms. The van der Waals surface area contributed by atoms with Crippen LogP contribution in [-0.4, -0.2) is 32.0 Å². The summed E-state index contributed by atoms with van der Waals surface area (Å²) >= 11 is 0. The van der Waals surface area contributed by atoms with Gasteiger partial charge in [0.05, 0.1) is 0 Å². The normalized spacial score (nSPS) is 15.3. The smallest absolute Gasteiger partial charge is 0.244 e. The molecule has 0 aromatic carbocycles. The number of hydrogen-bond donors (Lipinski definition) is 0. The van der Waals surface area contributed by atoms with Gasteiger partial charge in [-0.15, -0.1) is 0 Å². The second-order valence-corrected chi connectivity index (χ2v) is 3.11. The third kappa shape index (κ3) is 1.93. The first-order valence-electron chi connectivity index (χ1n) is 4.71. The molecule has 0 fully saturated rings. The van der Waals surface area contributed by atoms with Gasteiger partial charge in [-0.25, -0.2) is 9.78 Å². The van der Waals surface area contributed by atoms with Gasteiger partial charge < -0.3 is 0 Å². The molecule has 78 valence electrons. The van der Waals surface area contributed by atoms with Gasteiger partial charge >= 0.3 is 6.03 Å². The fourth-order valence-corrected chi connectivity index (χ4v) is 1.26. The molecule has 1 aromatic rings. The quantitative estimate of drug-likeness (QED) is 0.692. The van der Waals surface area contributed by atoms with E-state index >= 15 is 0 Å². The number of rotatable bonds is 1. The lowest BCUT2D eigenvalue weighted by molar-refractivity contribution is 0.214. The minimum absolute atomic E-state index is 0.325. The number of aromatic nitrogens is 3. The van der Waals surface area contributed by atoms with E-state index in [4.69, 9.17) is 0 Å². The van der Waals surface area contributed by atoms with E-state index in [1.807, 2.05) is 6.92 Å². The second kappa shape index (κ2) is 4.04. The number of amides is 1. The van der Waals surface area contributed by atoms with Gasteiger partial charge in [0, 0.05) is 18.8 Å². The Hall–Kier alpha value is -1.98. The van der Waals surface area contributed by atoms with Crippen molar-refractivity contribution < 1.29 is 4.79 Å². The number of hydrazone groups is 1. The van der Waals surface area contributed by atoms with E-state index in [1.165, 1.54) is 23.2 Å². The van der Waals surface area contributed by atoms with Crippen LogP contribution in [0.1, 0.15) is 19.8 Å². The fourth-order valence-electron chi connectivity index (χ4n) is 1.26. The lowest BCUT2D eigenvalue weighted by atomic mass is 10.1. The largest absolute Gasteiger partial charge is 0.370 e. The summed E-state index contributed by atoms with van der Waals surface area (Å²) in [6, 6.07) is -0.325. The summed E-state index contributed by atoms with van der Waals surface area (Å²) < 4.78 is 1.15. The zero-order valence-corrected chi connectivity index (χ0v) is 8.37. The van der Waals surface area contributed by atoms with Crippen molar-refractivity contribution in [2.24, 2.45) is 5.10 Å². The lowest BCUT2D eigenvalue weighted by Gasteiger charge is -2.16. The van der Waals surface area contributed by atoms with Crippen LogP contribution in [0.5, 0.6) is 0 Å². The minimum Gasteiger partial charge on any atom is -0.244 e. The molecule has 6 nitrogen and oxygen atoms in total. The van der Waals surface area contributed by atoms with Crippen LogP contribution < -0.4 is 0 Å². The predicted molar refractivity (Wildman–Crippen MR) is 54.1 cm³/mol. The Labute approximate surface area is 86.9 Å². The molecule has 0 N–H and O–H groups in total. The molecule has 0 saturated carbocycles. The SMILES string of the molecule is CCC1=CN(C(=O)n2cncn2)N=CC1. The first-order chi connectivity index (χ1) is 7.31. The molecule has 0 aliphatic carbocycles. The first kappa shape index (κ1) is 9.57. The zero-order chi connectivity index (χ0) is 10.7. The highest BCUT2D eigenvalue weighted by Gasteiger charge is 2.15. The van der Waals surface area contributed by atoms with Crippen molar-refractivity contribution >= 4 is 12.2 Å². The van der Waals surface area contributed by atoms with E-state index in [-0.39, 0.29) is 6.03 Å². The minimum atomic E-state index is -0.325. The molecule has 1 aromatic heterocycles. The average molecular weight is 205 g/mol. The Bertz CT molecular complexity index is 406. The van der Waals surface area contributed by atoms with Crippen LogP contribution in [0.15, 0.2) is 29.5 Å². The molecule has 2 heterocycles. The Morgan fingerprint density at radius 2 is 2.47 bits per heavy atom. The molecule has 0 atom stereocenters. The summed E-state index contributed by atoms with van der Waals surface area (Å²) in [5.74, 6) is 0. The third-order valence-corrected chi connectivity index (χ3v) is 2.13. The van der Waals surface area contributed by atoms with Crippen LogP contribution >= 0.6 is 0 Å². The van der Waals surface area contributed by atoms with Gasteiger partial charge in [-0.1, -0.05) is 6.92 Å². The summed E-state index contributed by atoms with van der Waals surface area (Å²) in [5.41, 5.74) is 1.17. The van der Waals surface area contributed by atoms with Crippen LogP contribution in [0.4, 0.5) is 4.79 Å². The second-order valence-electron chi connectivity index (χ2n) is 3.11. The van der Waals surface area contributed by atoms with Gasteiger partial charge in [0.1, 0.15) is 12.7 Å². The highest BCUT2D eigenvalue weighted by atomic mass is 16.2. The summed E-state index contributed by atoms with van der Waals surface area (Å²) in [6.45, 7) is 2.04. The van der Waals surface area contributed by atoms with E-state index in [0.717, 1.165) is 17.5 Å². The number of carbonyl (C=O) groups is 1. The number of allylic oxidation sites excluding steroid dienone is 1. The predicted octanol–water partition coefficient (Wildman–Crippen LogP) is 1.23. The Balaban J connectivity index is 2.18. The summed E-state index contributed by atoms with van der Waals surface area (Å²) in [4.78, 5) is 15.5. The number of carbonyl (C=O) groups excluding carboxylic acids is 1. The molecular weight excluding hydrogens is 194 g/mol. The van der Waals surface area contributed by atoms with Gasteiger partial charge in [0.25, 0.3) is 0 Å². The zero-order valence-electron chi connectivity index (χ0n) is 8.37. The van der Waals surface area contributed by atoms with Gasteiger partial charge in [0.2, 0.25) is 0 Å². The van der Waals surface area contributed by atoms with Crippen molar-refractivity contribution in [2.45, 2.75) is 19.8 Å². The summed E-state index contributed by atoms with van der Waals surface area (Å²) in [6.07, 6.45) is 7.84. The van der Waals surface area contributed by atoms with Crippen LogP contribution in [0.2, 0.25) is 0 Å². The molecule has 1 aliphatic rings. The molecule has 1 aliphatic heterocycles. The standard InChI is InChI=1S/C9H11N5O/c1-2-8-3-4-11-13(5-8)9(15)14-7-10-6-12-14/h4-7H,2-3H2,1H3. The van der Waals surface area contributed by atoms with Crippen LogP contribution in [-0.2, 0) is 0 Å². The number of nitrogens with zero attached hydrogens (tertiary/aromatic N) is 5. The van der Waals surface area contributed by atoms with Gasteiger partial charge in [0.15, 0.2) is 0 Å². The van der Waals surface area contributed by atoms with Crippen LogP contribution in [0, 0.1) is 0 Å². The molecule has 2 rings (SSSR count). The summed E-state index contributed by atoms with van der Waals surface area (Å²) in [7, 11) is 0. The van der Waals surface area contributed by atoms with Crippen molar-refractivity contribution in [1.29, 1.82) is 0 Å². The maximum atomic E-state index is 11.8. The van der Waals surface area contributed by atoms with Crippen LogP contribution in [0.3, 0.4) is 0 Å². The van der Waals surface area contributed by atoms with Gasteiger partial charge in [-0.3, -0.25) is 0 Å². The van der Waals surface area contributed by atoms with Gasteiger partial charge in [-0.2, -0.15) is 19.9 Å². The topological polar surface area (TPSA) is 63.4 Å². The van der Waals surface area contributed by atoms with Crippen LogP contribution in [0.25, 0.3) is 0 Å². The molecule has 0 saturated heterocycles. The van der Waals surface area contributed by atoms with Crippen molar-refractivity contribution in [1.82, 2.24) is 19.8 Å². The molecule has 0 radical (unpaired) electrons. The third-order valence-electron chi connectivity index (χ3n) is 2.13. The maximum Gasteiger partial charge on any atom is 0.370 e. The van der Waals surface area contributed by atoms with Gasteiger partial charge in [-0.05, 0) is 12.0 Å². The highest BCUT2D eigenvalue weighted by molar-refractivity contribution is 5.78. The van der Waals surface area contributed by atoms with Crippen molar-refractivity contribution in [3.05, 3.63) is 24.4 Å². The first-order valence-corrected chi connectivity index (χ1v) is 4.71. The lowest BCUT2D eigenvalue weighted by Crippen LogP contribution is -2.28. The van der Waals surface area contributed by atoms with E-state index in [9.17, 15) is 4.79 Å². The van der Waals surface area contributed by atoms with E-state index in [2.05, 4.69) is 15.2 Å². The Morgan fingerprint density at radius 3 is 3.13 bits per heavy atom. The average Bonchev–Trinajstić information content (AvgIpc) is 2.81. The highest BCUT2D eigenvalue weighted by Crippen LogP contribution is 2.12. The maximum absolute atomic E-state index is 11.8. The molecule has 6 heteroatoms. The van der Waals surface area contributed by atoms with Crippen molar-refractivity contribution in [2.75, 3.05) is 0 Å². The van der Waals surface area contributed by atoms with E-state index in [1.54, 1.807) is 12.4 Å². The Kier molecular flexibility index (Phi) is 2.57. The molecule has 0 bridgehead atoms. The molecule has 0 unspecified atom stereocenters. The molecular formula is C9H11N5O. The van der Waals surface area contributed by atoms with E-state index in [0.29, 0.717) is 0 Å². The fraction of sp³-hybridized carbons (Fsp3) is 0.333. The molecule has 1 amide bonds. The monoisotopic (exact) mass is 205 g/mol. The number of hydrogen-bond acceptors (Lipinski definition) is 4.